The zero-order valence-corrected chi connectivity index (χ0v) is 44.0. The predicted molar refractivity (Wildman–Crippen MR) is 272 cm³/mol. The molecule has 0 spiro atoms. The molecule has 0 heterocycles. The number of unbranched alkanes of at least 4 members (excludes halogenated alkanes) is 35. The highest BCUT2D eigenvalue weighted by Crippen LogP contribution is 2.38. The molecule has 0 saturated carbocycles. The van der Waals surface area contributed by atoms with Crippen LogP contribution in [0.3, 0.4) is 0 Å². The first kappa shape index (κ1) is 63.2. The number of aliphatic hydroxyl groups is 2. The number of amides is 1. The Labute approximate surface area is 397 Å². The number of phosphoric ester groups is 1. The van der Waals surface area contributed by atoms with Crippen LogP contribution in [0.4, 0.5) is 0 Å². The molecule has 0 radical (unpaired) electrons. The van der Waals surface area contributed by atoms with Crippen LogP contribution in [0, 0.1) is 0 Å². The van der Waals surface area contributed by atoms with Gasteiger partial charge >= 0.3 is 0 Å². The van der Waals surface area contributed by atoms with E-state index in [9.17, 15) is 24.5 Å². The fourth-order valence-corrected chi connectivity index (χ4v) is 9.16. The minimum Gasteiger partial charge on any atom is -0.756 e. The van der Waals surface area contributed by atoms with E-state index in [-0.39, 0.29) is 18.9 Å². The number of phosphoric acid groups is 1. The first-order valence-electron chi connectivity index (χ1n) is 27.6. The normalized spacial score (nSPS) is 14.6. The number of nitrogens with one attached hydrogen (secondary N) is 1. The number of carbonyl (C=O) groups is 1. The number of rotatable bonds is 51. The van der Waals surface area contributed by atoms with E-state index in [1.165, 1.54) is 205 Å². The molecule has 0 aromatic carbocycles. The van der Waals surface area contributed by atoms with Gasteiger partial charge in [-0.15, -0.1) is 0 Å². The van der Waals surface area contributed by atoms with Crippen LogP contribution in [0.15, 0.2) is 12.2 Å². The fraction of sp³-hybridized carbons (Fsp3) is 0.944. The zero-order chi connectivity index (χ0) is 47.3. The van der Waals surface area contributed by atoms with E-state index in [0.717, 1.165) is 32.1 Å². The van der Waals surface area contributed by atoms with Crippen molar-refractivity contribution < 1.29 is 38.0 Å². The average molecular weight is 929 g/mol. The maximum Gasteiger partial charge on any atom is 0.268 e. The molecule has 64 heavy (non-hydrogen) atoms. The van der Waals surface area contributed by atoms with E-state index in [1.54, 1.807) is 0 Å². The van der Waals surface area contributed by atoms with Gasteiger partial charge in [-0.1, -0.05) is 238 Å². The molecule has 0 fully saturated rings. The van der Waals surface area contributed by atoms with Gasteiger partial charge in [-0.3, -0.25) is 9.36 Å². The van der Waals surface area contributed by atoms with Crippen molar-refractivity contribution >= 4 is 13.7 Å². The van der Waals surface area contributed by atoms with Gasteiger partial charge < -0.3 is 34.0 Å². The van der Waals surface area contributed by atoms with Gasteiger partial charge in [0.2, 0.25) is 5.91 Å². The number of nitrogens with zero attached hydrogens (tertiary/aromatic N) is 1. The fourth-order valence-electron chi connectivity index (χ4n) is 8.43. The van der Waals surface area contributed by atoms with E-state index in [2.05, 4.69) is 31.3 Å². The molecule has 0 saturated heterocycles. The molecule has 1 amide bonds. The summed E-state index contributed by atoms with van der Waals surface area (Å²) in [6.07, 6.45) is 51.4. The summed E-state index contributed by atoms with van der Waals surface area (Å²) in [5.41, 5.74) is 0. The number of hydrogen-bond donors (Lipinski definition) is 3. The summed E-state index contributed by atoms with van der Waals surface area (Å²) in [5, 5.41) is 24.7. The lowest BCUT2D eigenvalue weighted by Gasteiger charge is -2.31. The smallest absolute Gasteiger partial charge is 0.268 e. The Morgan fingerprint density at radius 3 is 1.27 bits per heavy atom. The second-order valence-corrected chi connectivity index (χ2v) is 21.8. The van der Waals surface area contributed by atoms with Gasteiger partial charge in [-0.05, 0) is 38.5 Å². The molecular weight excluding hydrogens is 820 g/mol. The summed E-state index contributed by atoms with van der Waals surface area (Å²) in [6, 6.07) is -1.08. The summed E-state index contributed by atoms with van der Waals surface area (Å²) in [5.74, 6) is -0.283. The third-order valence-electron chi connectivity index (χ3n) is 12.8. The lowest BCUT2D eigenvalue weighted by molar-refractivity contribution is -0.870. The first-order valence-corrected chi connectivity index (χ1v) is 29.1. The largest absolute Gasteiger partial charge is 0.756 e. The predicted octanol–water partition coefficient (Wildman–Crippen LogP) is 14.6. The highest BCUT2D eigenvalue weighted by molar-refractivity contribution is 7.45. The molecule has 4 unspecified atom stereocenters. The molecular formula is C54H109N2O7P. The van der Waals surface area contributed by atoms with Crippen molar-refractivity contribution in [3.63, 3.8) is 0 Å². The van der Waals surface area contributed by atoms with Crippen LogP contribution in [-0.2, 0) is 18.4 Å². The minimum atomic E-state index is -4.67. The maximum absolute atomic E-state index is 13.0. The summed E-state index contributed by atoms with van der Waals surface area (Å²) in [6.45, 7) is 4.44. The summed E-state index contributed by atoms with van der Waals surface area (Å²) in [4.78, 5) is 25.5. The molecule has 0 aromatic rings. The van der Waals surface area contributed by atoms with Crippen LogP contribution in [0.25, 0.3) is 0 Å². The SMILES string of the molecule is CCCCCCCCC/C=C/CCCC(O)C(O)C(COP(=O)([O-])OCC[N+](C)(C)C)NC(=O)CCCCCCCCCCCCCCCCCCCCCCCCCCCCCC. The maximum atomic E-state index is 13.0. The van der Waals surface area contributed by atoms with Gasteiger partial charge in [-0.25, -0.2) is 0 Å². The number of hydrogen-bond acceptors (Lipinski definition) is 7. The molecule has 0 rings (SSSR count). The van der Waals surface area contributed by atoms with Gasteiger partial charge in [0, 0.05) is 6.42 Å². The molecule has 9 nitrogen and oxygen atoms in total. The Kier molecular flexibility index (Phi) is 45.4. The monoisotopic (exact) mass is 929 g/mol. The lowest BCUT2D eigenvalue weighted by atomic mass is 10.0. The number of carbonyl (C=O) groups excluding carboxylic acids is 1. The van der Waals surface area contributed by atoms with Gasteiger partial charge in [-0.2, -0.15) is 0 Å². The zero-order valence-electron chi connectivity index (χ0n) is 43.1. The number of quaternary nitrogens is 1. The molecule has 0 aliphatic rings. The van der Waals surface area contributed by atoms with Crippen molar-refractivity contribution in [1.29, 1.82) is 0 Å². The second kappa shape index (κ2) is 46.0. The standard InChI is InChI=1S/C54H109N2O7P/c1-6-8-10-12-14-16-18-20-21-22-23-24-25-26-27-28-29-30-31-32-33-34-35-37-39-41-43-45-47-53(58)55-51(50-63-64(60,61)62-49-48-56(3,4)5)54(59)52(57)46-44-42-40-38-36-19-17-15-13-11-9-7-2/h38,40,51-52,54,57,59H,6-37,39,41-50H2,1-5H3,(H-,55,58,60,61)/b40-38+. The van der Waals surface area contributed by atoms with E-state index in [4.69, 9.17) is 9.05 Å². The Morgan fingerprint density at radius 2 is 0.891 bits per heavy atom. The Balaban J connectivity index is 4.14. The van der Waals surface area contributed by atoms with Crippen LogP contribution in [0.2, 0.25) is 0 Å². The summed E-state index contributed by atoms with van der Waals surface area (Å²) in [7, 11) is 1.12. The van der Waals surface area contributed by atoms with Gasteiger partial charge in [0.05, 0.1) is 39.9 Å². The third-order valence-corrected chi connectivity index (χ3v) is 13.8. The molecule has 0 aromatic heterocycles. The second-order valence-electron chi connectivity index (χ2n) is 20.4. The van der Waals surface area contributed by atoms with Crippen LogP contribution < -0.4 is 10.2 Å². The Bertz CT molecular complexity index is 1070. The number of likely N-dealkylation sites (N-methyl/N-ethyl adjacent to an activating group) is 1. The van der Waals surface area contributed by atoms with Crippen molar-refractivity contribution in [3.8, 4) is 0 Å². The molecule has 0 aliphatic heterocycles. The van der Waals surface area contributed by atoms with Gasteiger partial charge in [0.25, 0.3) is 7.82 Å². The van der Waals surface area contributed by atoms with E-state index < -0.39 is 32.7 Å². The lowest BCUT2D eigenvalue weighted by Crippen LogP contribution is -2.51. The summed E-state index contributed by atoms with van der Waals surface area (Å²) >= 11 is 0. The van der Waals surface area contributed by atoms with Crippen LogP contribution in [-0.4, -0.2) is 79.8 Å². The molecule has 3 N–H and O–H groups in total. The van der Waals surface area contributed by atoms with E-state index in [1.807, 2.05) is 21.1 Å². The van der Waals surface area contributed by atoms with Gasteiger partial charge in [0.15, 0.2) is 0 Å². The van der Waals surface area contributed by atoms with E-state index in [0.29, 0.717) is 23.9 Å². The van der Waals surface area contributed by atoms with Crippen molar-refractivity contribution in [2.45, 2.75) is 289 Å². The molecule has 4 atom stereocenters. The highest BCUT2D eigenvalue weighted by atomic mass is 31.2. The van der Waals surface area contributed by atoms with Crippen LogP contribution in [0.1, 0.15) is 271 Å². The van der Waals surface area contributed by atoms with E-state index >= 15 is 0 Å². The first-order chi connectivity index (χ1) is 30.9. The summed E-state index contributed by atoms with van der Waals surface area (Å²) < 4.78 is 23.2. The van der Waals surface area contributed by atoms with Crippen molar-refractivity contribution in [3.05, 3.63) is 12.2 Å². The van der Waals surface area contributed by atoms with Crippen molar-refractivity contribution in [1.82, 2.24) is 5.32 Å². The molecule has 10 heteroatoms. The highest BCUT2D eigenvalue weighted by Gasteiger charge is 2.29. The molecule has 382 valence electrons. The third kappa shape index (κ3) is 46.3. The minimum absolute atomic E-state index is 0.0430. The Hall–Kier alpha value is -0.800. The number of allylic oxidation sites excluding steroid dienone is 2. The molecule has 0 bridgehead atoms. The average Bonchev–Trinajstić information content (AvgIpc) is 3.25. The topological polar surface area (TPSA) is 128 Å². The van der Waals surface area contributed by atoms with Gasteiger partial charge in [0.1, 0.15) is 19.3 Å². The van der Waals surface area contributed by atoms with Crippen LogP contribution in [0.5, 0.6) is 0 Å². The quantitative estimate of drug-likeness (QED) is 0.0240. The molecule has 0 aliphatic carbocycles. The van der Waals surface area contributed by atoms with Crippen molar-refractivity contribution in [2.75, 3.05) is 40.9 Å². The number of aliphatic hydroxyl groups excluding tert-OH is 2. The van der Waals surface area contributed by atoms with Crippen LogP contribution >= 0.6 is 7.82 Å². The van der Waals surface area contributed by atoms with Crippen molar-refractivity contribution in [2.24, 2.45) is 0 Å². The Morgan fingerprint density at radius 1 is 0.547 bits per heavy atom.